The van der Waals surface area contributed by atoms with Gasteiger partial charge >= 0.3 is 5.97 Å². The summed E-state index contributed by atoms with van der Waals surface area (Å²) >= 11 is 0. The molecular weight excluding hydrogens is 280 g/mol. The molecule has 0 bridgehead atoms. The molecule has 0 spiro atoms. The van der Waals surface area contributed by atoms with Crippen LogP contribution in [0, 0.1) is 10.1 Å². The zero-order valence-corrected chi connectivity index (χ0v) is 11.1. The third-order valence-corrected chi connectivity index (χ3v) is 3.55. The normalized spacial score (nSPS) is 23.1. The molecule has 2 aliphatic heterocycles. The maximum absolute atomic E-state index is 12.0. The van der Waals surface area contributed by atoms with Crippen LogP contribution in [-0.4, -0.2) is 41.0 Å². The van der Waals surface area contributed by atoms with Gasteiger partial charge in [0, 0.05) is 24.6 Å². The van der Waals surface area contributed by atoms with E-state index in [9.17, 15) is 19.7 Å². The second-order valence-electron chi connectivity index (χ2n) is 4.83. The van der Waals surface area contributed by atoms with Crippen LogP contribution < -0.4 is 4.74 Å². The molecule has 1 fully saturated rings. The predicted molar refractivity (Wildman–Crippen MR) is 68.6 cm³/mol. The minimum absolute atomic E-state index is 0.0971. The molecular formula is C13H12N2O6. The van der Waals surface area contributed by atoms with Gasteiger partial charge in [0.05, 0.1) is 11.5 Å². The van der Waals surface area contributed by atoms with Crippen LogP contribution in [0.1, 0.15) is 18.5 Å². The predicted octanol–water partition coefficient (Wildman–Crippen LogP) is 0.802. The average molecular weight is 292 g/mol. The number of non-ortho nitro benzene ring substituents is 1. The van der Waals surface area contributed by atoms with Gasteiger partial charge in [-0.15, -0.1) is 0 Å². The number of carbonyl (C=O) groups is 2. The van der Waals surface area contributed by atoms with Crippen molar-refractivity contribution in [3.63, 3.8) is 0 Å². The number of benzene rings is 1. The Labute approximate surface area is 119 Å². The second kappa shape index (κ2) is 4.72. The number of rotatable bonds is 2. The van der Waals surface area contributed by atoms with E-state index >= 15 is 0 Å². The number of hydrogen-bond donors (Lipinski definition) is 0. The van der Waals surface area contributed by atoms with Gasteiger partial charge < -0.3 is 14.4 Å². The Hall–Kier alpha value is -2.64. The molecule has 8 heteroatoms. The quantitative estimate of drug-likeness (QED) is 0.346. The summed E-state index contributed by atoms with van der Waals surface area (Å²) in [6.45, 7) is 1.86. The molecule has 2 atom stereocenters. The minimum Gasteiger partial charge on any atom is -0.491 e. The fraction of sp³-hybridized carbons (Fsp3) is 0.385. The van der Waals surface area contributed by atoms with Crippen molar-refractivity contribution in [1.82, 2.24) is 4.90 Å². The summed E-state index contributed by atoms with van der Waals surface area (Å²) in [6, 6.07) is 3.68. The molecule has 0 N–H and O–H groups in total. The molecule has 110 valence electrons. The van der Waals surface area contributed by atoms with Crippen LogP contribution in [0.3, 0.4) is 0 Å². The average Bonchev–Trinajstić information content (AvgIpc) is 2.60. The Morgan fingerprint density at radius 1 is 1.52 bits per heavy atom. The highest BCUT2D eigenvalue weighted by molar-refractivity contribution is 5.91. The molecule has 1 aromatic rings. The van der Waals surface area contributed by atoms with Gasteiger partial charge in [0.1, 0.15) is 18.4 Å². The van der Waals surface area contributed by atoms with Crippen molar-refractivity contribution in [3.8, 4) is 5.75 Å². The summed E-state index contributed by atoms with van der Waals surface area (Å²) in [4.78, 5) is 35.0. The summed E-state index contributed by atoms with van der Waals surface area (Å²) in [7, 11) is 0. The summed E-state index contributed by atoms with van der Waals surface area (Å²) in [6.07, 6.45) is -0.940. The largest absolute Gasteiger partial charge is 0.491 e. The SMILES string of the molecule is CC(=O)O[C@H]1C(=O)N2CCOc3ccc([N+](=O)[O-])cc3[C@H]12. The van der Waals surface area contributed by atoms with E-state index in [1.54, 1.807) is 0 Å². The summed E-state index contributed by atoms with van der Waals surface area (Å²) in [5, 5.41) is 10.9. The first-order chi connectivity index (χ1) is 9.99. The van der Waals surface area contributed by atoms with Gasteiger partial charge in [-0.3, -0.25) is 19.7 Å². The van der Waals surface area contributed by atoms with E-state index in [4.69, 9.17) is 9.47 Å². The molecule has 2 heterocycles. The third kappa shape index (κ3) is 2.08. The number of nitrogens with zero attached hydrogens (tertiary/aromatic N) is 2. The zero-order valence-electron chi connectivity index (χ0n) is 11.1. The lowest BCUT2D eigenvalue weighted by Gasteiger charge is -2.44. The van der Waals surface area contributed by atoms with Crippen LogP contribution in [-0.2, 0) is 14.3 Å². The number of fused-ring (bicyclic) bond motifs is 3. The molecule has 0 aromatic heterocycles. The molecule has 1 saturated heterocycles. The van der Waals surface area contributed by atoms with Crippen LogP contribution in [0.2, 0.25) is 0 Å². The van der Waals surface area contributed by atoms with Gasteiger partial charge in [-0.2, -0.15) is 0 Å². The maximum Gasteiger partial charge on any atom is 0.303 e. The first kappa shape index (κ1) is 13.3. The fourth-order valence-electron chi connectivity index (χ4n) is 2.66. The summed E-state index contributed by atoms with van der Waals surface area (Å²) < 4.78 is 10.5. The van der Waals surface area contributed by atoms with E-state index in [0.29, 0.717) is 24.5 Å². The lowest BCUT2D eigenvalue weighted by atomic mass is 9.90. The Morgan fingerprint density at radius 2 is 2.29 bits per heavy atom. The molecule has 8 nitrogen and oxygen atoms in total. The van der Waals surface area contributed by atoms with Gasteiger partial charge in [-0.25, -0.2) is 0 Å². The van der Waals surface area contributed by atoms with Crippen LogP contribution in [0.25, 0.3) is 0 Å². The number of esters is 1. The number of amides is 1. The van der Waals surface area contributed by atoms with Gasteiger partial charge in [-0.1, -0.05) is 0 Å². The third-order valence-electron chi connectivity index (χ3n) is 3.55. The van der Waals surface area contributed by atoms with Gasteiger partial charge in [-0.05, 0) is 6.07 Å². The van der Waals surface area contributed by atoms with E-state index < -0.39 is 23.0 Å². The maximum atomic E-state index is 12.0. The monoisotopic (exact) mass is 292 g/mol. The highest BCUT2D eigenvalue weighted by atomic mass is 16.6. The smallest absolute Gasteiger partial charge is 0.303 e. The minimum atomic E-state index is -0.940. The Kier molecular flexibility index (Phi) is 3.00. The first-order valence-corrected chi connectivity index (χ1v) is 6.38. The highest BCUT2D eigenvalue weighted by Crippen LogP contribution is 2.43. The Balaban J connectivity index is 2.02. The molecule has 0 unspecified atom stereocenters. The van der Waals surface area contributed by atoms with Gasteiger partial charge in [0.2, 0.25) is 6.10 Å². The summed E-state index contributed by atoms with van der Waals surface area (Å²) in [5.41, 5.74) is 0.396. The van der Waals surface area contributed by atoms with E-state index in [1.165, 1.54) is 30.0 Å². The molecule has 0 saturated carbocycles. The molecule has 21 heavy (non-hydrogen) atoms. The molecule has 0 aliphatic carbocycles. The topological polar surface area (TPSA) is 99.0 Å². The van der Waals surface area contributed by atoms with Crippen molar-refractivity contribution < 1.29 is 24.0 Å². The fourth-order valence-corrected chi connectivity index (χ4v) is 2.66. The van der Waals surface area contributed by atoms with Gasteiger partial charge in [0.25, 0.3) is 11.6 Å². The molecule has 0 radical (unpaired) electrons. The molecule has 3 rings (SSSR count). The number of hydrogen-bond acceptors (Lipinski definition) is 6. The molecule has 1 amide bonds. The number of nitro groups is 1. The zero-order chi connectivity index (χ0) is 15.1. The lowest BCUT2D eigenvalue weighted by Crippen LogP contribution is -2.60. The number of ether oxygens (including phenoxy) is 2. The molecule has 2 aliphatic rings. The van der Waals surface area contributed by atoms with Crippen LogP contribution in [0.4, 0.5) is 5.69 Å². The number of nitro benzene ring substituents is 1. The second-order valence-corrected chi connectivity index (χ2v) is 4.83. The standard InChI is InChI=1S/C13H12N2O6/c1-7(16)21-12-11-9-6-8(15(18)19)2-3-10(9)20-5-4-14(11)13(12)17/h2-3,6,11-12H,4-5H2,1H3/t11-,12-/m1/s1. The molecule has 1 aromatic carbocycles. The van der Waals surface area contributed by atoms with Crippen molar-refractivity contribution in [1.29, 1.82) is 0 Å². The van der Waals surface area contributed by atoms with E-state index in [1.807, 2.05) is 0 Å². The van der Waals surface area contributed by atoms with Gasteiger partial charge in [0.15, 0.2) is 0 Å². The lowest BCUT2D eigenvalue weighted by molar-refractivity contribution is -0.385. The number of carbonyl (C=O) groups excluding carboxylic acids is 2. The van der Waals surface area contributed by atoms with Crippen molar-refractivity contribution in [2.75, 3.05) is 13.2 Å². The van der Waals surface area contributed by atoms with E-state index in [-0.39, 0.29) is 11.6 Å². The van der Waals surface area contributed by atoms with Crippen molar-refractivity contribution >= 4 is 17.6 Å². The van der Waals surface area contributed by atoms with Crippen LogP contribution in [0.5, 0.6) is 5.75 Å². The van der Waals surface area contributed by atoms with Crippen molar-refractivity contribution in [2.45, 2.75) is 19.1 Å². The van der Waals surface area contributed by atoms with Crippen molar-refractivity contribution in [3.05, 3.63) is 33.9 Å². The summed E-state index contributed by atoms with van der Waals surface area (Å²) in [5.74, 6) is -0.402. The highest BCUT2D eigenvalue weighted by Gasteiger charge is 2.52. The van der Waals surface area contributed by atoms with E-state index in [2.05, 4.69) is 0 Å². The Bertz CT molecular complexity index is 644. The first-order valence-electron chi connectivity index (χ1n) is 6.38. The van der Waals surface area contributed by atoms with Crippen LogP contribution in [0.15, 0.2) is 18.2 Å². The van der Waals surface area contributed by atoms with E-state index in [0.717, 1.165) is 0 Å². The number of β-lactam (4-membered cyclic amide) rings is 1. The van der Waals surface area contributed by atoms with Crippen LogP contribution >= 0.6 is 0 Å². The Morgan fingerprint density at radius 3 is 2.95 bits per heavy atom. The van der Waals surface area contributed by atoms with Crippen molar-refractivity contribution in [2.24, 2.45) is 0 Å².